The summed E-state index contributed by atoms with van der Waals surface area (Å²) in [6.07, 6.45) is 7.82. The van der Waals surface area contributed by atoms with E-state index in [0.717, 1.165) is 13.1 Å². The number of nitrogens with one attached hydrogen (secondary N) is 1. The Morgan fingerprint density at radius 1 is 1.17 bits per heavy atom. The quantitative estimate of drug-likeness (QED) is 0.517. The van der Waals surface area contributed by atoms with Crippen molar-refractivity contribution in [3.05, 3.63) is 0 Å². The van der Waals surface area contributed by atoms with Gasteiger partial charge in [-0.2, -0.15) is 0 Å². The number of likely N-dealkylation sites (N-methyl/N-ethyl adjacent to an activating group) is 1. The Hall–Kier alpha value is -0.120. The smallest absolute Gasteiger partial charge is 0.0420 e. The number of hydrogen-bond donors (Lipinski definition) is 2. The minimum Gasteiger partial charge on any atom is -0.297 e. The molecule has 1 aliphatic carbocycles. The van der Waals surface area contributed by atoms with Crippen LogP contribution < -0.4 is 11.3 Å². The van der Waals surface area contributed by atoms with Crippen molar-refractivity contribution in [3.63, 3.8) is 0 Å². The molecule has 0 aromatic heterocycles. The Labute approximate surface area is 113 Å². The SMILES string of the molecule is CCCC(C)C(NN)C1(N(CC)CC)CCCC1. The fourth-order valence-corrected chi connectivity index (χ4v) is 4.14. The van der Waals surface area contributed by atoms with E-state index >= 15 is 0 Å². The zero-order chi connectivity index (χ0) is 13.6. The third-order valence-electron chi connectivity index (χ3n) is 4.93. The lowest BCUT2D eigenvalue weighted by atomic mass is 9.78. The molecular formula is C15H33N3. The Morgan fingerprint density at radius 2 is 1.72 bits per heavy atom. The van der Waals surface area contributed by atoms with Crippen molar-refractivity contribution in [1.29, 1.82) is 0 Å². The molecule has 1 rings (SSSR count). The van der Waals surface area contributed by atoms with Gasteiger partial charge in [0.15, 0.2) is 0 Å². The van der Waals surface area contributed by atoms with E-state index in [1.165, 1.54) is 38.5 Å². The van der Waals surface area contributed by atoms with Gasteiger partial charge in [0.1, 0.15) is 0 Å². The molecule has 0 spiro atoms. The lowest BCUT2D eigenvalue weighted by Gasteiger charge is -2.48. The monoisotopic (exact) mass is 255 g/mol. The first-order valence-electron chi connectivity index (χ1n) is 7.87. The van der Waals surface area contributed by atoms with Gasteiger partial charge in [-0.3, -0.25) is 16.2 Å². The maximum Gasteiger partial charge on any atom is 0.0420 e. The number of nitrogens with two attached hydrogens (primary N) is 1. The van der Waals surface area contributed by atoms with Crippen molar-refractivity contribution in [3.8, 4) is 0 Å². The molecule has 3 nitrogen and oxygen atoms in total. The van der Waals surface area contributed by atoms with E-state index in [1.807, 2.05) is 0 Å². The van der Waals surface area contributed by atoms with Crippen LogP contribution in [0.5, 0.6) is 0 Å². The van der Waals surface area contributed by atoms with Crippen molar-refractivity contribution < 1.29 is 0 Å². The van der Waals surface area contributed by atoms with Crippen LogP contribution in [0, 0.1) is 5.92 Å². The highest BCUT2D eigenvalue weighted by Gasteiger charge is 2.46. The minimum absolute atomic E-state index is 0.298. The summed E-state index contributed by atoms with van der Waals surface area (Å²) in [7, 11) is 0. The summed E-state index contributed by atoms with van der Waals surface area (Å²) in [5.41, 5.74) is 3.48. The Balaban J connectivity index is 2.93. The van der Waals surface area contributed by atoms with E-state index < -0.39 is 0 Å². The van der Waals surface area contributed by atoms with Crippen molar-refractivity contribution in [2.45, 2.75) is 77.8 Å². The van der Waals surface area contributed by atoms with Gasteiger partial charge in [-0.1, -0.05) is 47.0 Å². The van der Waals surface area contributed by atoms with E-state index in [2.05, 4.69) is 38.0 Å². The molecule has 108 valence electrons. The van der Waals surface area contributed by atoms with Crippen LogP contribution in [0.4, 0.5) is 0 Å². The molecule has 0 aromatic carbocycles. The third kappa shape index (κ3) is 3.06. The molecule has 1 aliphatic rings. The highest BCUT2D eigenvalue weighted by atomic mass is 15.3. The molecule has 3 N–H and O–H groups in total. The highest BCUT2D eigenvalue weighted by Crippen LogP contribution is 2.40. The van der Waals surface area contributed by atoms with Crippen LogP contribution in [-0.2, 0) is 0 Å². The predicted molar refractivity (Wildman–Crippen MR) is 79.3 cm³/mol. The van der Waals surface area contributed by atoms with Crippen LogP contribution in [0.15, 0.2) is 0 Å². The van der Waals surface area contributed by atoms with Gasteiger partial charge < -0.3 is 0 Å². The summed E-state index contributed by atoms with van der Waals surface area (Å²) in [4.78, 5) is 2.65. The van der Waals surface area contributed by atoms with Crippen LogP contribution in [0.3, 0.4) is 0 Å². The fourth-order valence-electron chi connectivity index (χ4n) is 4.14. The van der Waals surface area contributed by atoms with Crippen molar-refractivity contribution >= 4 is 0 Å². The summed E-state index contributed by atoms with van der Waals surface area (Å²) in [5, 5.41) is 0. The lowest BCUT2D eigenvalue weighted by Crippen LogP contribution is -2.63. The van der Waals surface area contributed by atoms with Gasteiger partial charge in [0.2, 0.25) is 0 Å². The standard InChI is InChI=1S/C15H33N3/c1-5-10-13(4)14(17-16)15(11-8-9-12-15)18(6-2)7-3/h13-14,17H,5-12,16H2,1-4H3. The summed E-state index contributed by atoms with van der Waals surface area (Å²) < 4.78 is 0. The maximum absolute atomic E-state index is 5.94. The molecule has 0 radical (unpaired) electrons. The number of rotatable bonds is 8. The average Bonchev–Trinajstić information content (AvgIpc) is 2.82. The van der Waals surface area contributed by atoms with Crippen molar-refractivity contribution in [1.82, 2.24) is 10.3 Å². The van der Waals surface area contributed by atoms with Gasteiger partial charge in [-0.05, 0) is 38.3 Å². The predicted octanol–water partition coefficient (Wildman–Crippen LogP) is 2.91. The largest absolute Gasteiger partial charge is 0.297 e. The molecular weight excluding hydrogens is 222 g/mol. The number of hydrogen-bond acceptors (Lipinski definition) is 3. The van der Waals surface area contributed by atoms with Crippen molar-refractivity contribution in [2.24, 2.45) is 11.8 Å². The first-order valence-corrected chi connectivity index (χ1v) is 7.87. The van der Waals surface area contributed by atoms with Crippen LogP contribution in [0.2, 0.25) is 0 Å². The minimum atomic E-state index is 0.298. The van der Waals surface area contributed by atoms with E-state index in [1.54, 1.807) is 0 Å². The molecule has 0 bridgehead atoms. The third-order valence-corrected chi connectivity index (χ3v) is 4.93. The second kappa shape index (κ2) is 7.46. The maximum atomic E-state index is 5.94. The topological polar surface area (TPSA) is 41.3 Å². The Kier molecular flexibility index (Phi) is 6.61. The summed E-state index contributed by atoms with van der Waals surface area (Å²) in [6.45, 7) is 11.4. The van der Waals surface area contributed by atoms with Gasteiger partial charge in [-0.15, -0.1) is 0 Å². The van der Waals surface area contributed by atoms with Crippen LogP contribution in [-0.4, -0.2) is 29.6 Å². The van der Waals surface area contributed by atoms with Gasteiger partial charge in [-0.25, -0.2) is 0 Å². The number of hydrazine groups is 1. The summed E-state index contributed by atoms with van der Waals surface area (Å²) in [6, 6.07) is 0.430. The van der Waals surface area contributed by atoms with Crippen LogP contribution in [0.1, 0.15) is 66.2 Å². The Morgan fingerprint density at radius 3 is 2.11 bits per heavy atom. The lowest BCUT2D eigenvalue weighted by molar-refractivity contribution is 0.0402. The van der Waals surface area contributed by atoms with Crippen molar-refractivity contribution in [2.75, 3.05) is 13.1 Å². The van der Waals surface area contributed by atoms with Crippen LogP contribution in [0.25, 0.3) is 0 Å². The van der Waals surface area contributed by atoms with Gasteiger partial charge in [0.05, 0.1) is 0 Å². The second-order valence-corrected chi connectivity index (χ2v) is 5.89. The molecule has 2 atom stereocenters. The molecule has 0 saturated heterocycles. The molecule has 0 amide bonds. The Bertz CT molecular complexity index is 220. The van der Waals surface area contributed by atoms with E-state index in [-0.39, 0.29) is 0 Å². The summed E-state index contributed by atoms with van der Waals surface area (Å²) >= 11 is 0. The molecule has 1 saturated carbocycles. The molecule has 2 unspecified atom stereocenters. The molecule has 0 aromatic rings. The van der Waals surface area contributed by atoms with Gasteiger partial charge in [0, 0.05) is 11.6 Å². The van der Waals surface area contributed by atoms with E-state index in [9.17, 15) is 0 Å². The molecule has 0 aliphatic heterocycles. The highest BCUT2D eigenvalue weighted by molar-refractivity contribution is 5.04. The first kappa shape index (κ1) is 15.9. The summed E-state index contributed by atoms with van der Waals surface area (Å²) in [5.74, 6) is 6.59. The average molecular weight is 255 g/mol. The van der Waals surface area contributed by atoms with E-state index in [0.29, 0.717) is 17.5 Å². The first-order chi connectivity index (χ1) is 8.66. The molecule has 3 heteroatoms. The second-order valence-electron chi connectivity index (χ2n) is 5.89. The number of nitrogens with zero attached hydrogens (tertiary/aromatic N) is 1. The zero-order valence-electron chi connectivity index (χ0n) is 12.8. The fraction of sp³-hybridized carbons (Fsp3) is 1.00. The van der Waals surface area contributed by atoms with E-state index in [4.69, 9.17) is 5.84 Å². The van der Waals surface area contributed by atoms with Gasteiger partial charge in [0.25, 0.3) is 0 Å². The zero-order valence-corrected chi connectivity index (χ0v) is 12.8. The molecule has 0 heterocycles. The molecule has 18 heavy (non-hydrogen) atoms. The molecule has 1 fully saturated rings. The van der Waals surface area contributed by atoms with Gasteiger partial charge >= 0.3 is 0 Å². The normalized spacial score (nSPS) is 22.3. The van der Waals surface area contributed by atoms with Crippen LogP contribution >= 0.6 is 0 Å².